The molecule has 0 amide bonds. The number of esters is 1. The SMILES string of the molecule is CCCCCCOC(=O)C=Cc1ccc(C(F)(F)Oc2ccc(OCCCC(F)(F)F)cc2)cc1. The Morgan fingerprint density at radius 2 is 1.49 bits per heavy atom. The van der Waals surface area contributed by atoms with Crippen molar-refractivity contribution in [2.24, 2.45) is 0 Å². The quantitative estimate of drug-likeness (QED) is 0.116. The summed E-state index contributed by atoms with van der Waals surface area (Å²) in [7, 11) is 0. The van der Waals surface area contributed by atoms with Crippen molar-refractivity contribution < 1.29 is 41.0 Å². The molecule has 0 heterocycles. The van der Waals surface area contributed by atoms with Crippen LogP contribution in [0.25, 0.3) is 6.08 Å². The van der Waals surface area contributed by atoms with Gasteiger partial charge >= 0.3 is 18.3 Å². The van der Waals surface area contributed by atoms with Crippen LogP contribution in [-0.4, -0.2) is 25.4 Å². The predicted octanol–water partition coefficient (Wildman–Crippen LogP) is 7.67. The third kappa shape index (κ3) is 11.2. The molecule has 0 fully saturated rings. The predicted molar refractivity (Wildman–Crippen MR) is 122 cm³/mol. The number of halogens is 5. The second-order valence-electron chi connectivity index (χ2n) is 7.84. The standard InChI is InChI=1S/C26H29F5O4/c1-2-3-4-5-18-34-24(32)16-9-20-7-10-21(11-8-20)26(30,31)35-23-14-12-22(13-15-23)33-19-6-17-25(27,28)29/h7-16H,2-6,17-19H2,1H3. The fourth-order valence-electron chi connectivity index (χ4n) is 2.98. The highest BCUT2D eigenvalue weighted by atomic mass is 19.4. The molecule has 0 unspecified atom stereocenters. The molecule has 0 saturated carbocycles. The maximum Gasteiger partial charge on any atom is 0.426 e. The number of hydrogen-bond acceptors (Lipinski definition) is 4. The lowest BCUT2D eigenvalue weighted by molar-refractivity contribution is -0.185. The molecule has 0 aliphatic rings. The van der Waals surface area contributed by atoms with E-state index in [0.29, 0.717) is 12.2 Å². The van der Waals surface area contributed by atoms with Gasteiger partial charge in [-0.3, -0.25) is 0 Å². The summed E-state index contributed by atoms with van der Waals surface area (Å²) >= 11 is 0. The van der Waals surface area contributed by atoms with Crippen molar-refractivity contribution in [3.05, 3.63) is 65.7 Å². The first-order valence-electron chi connectivity index (χ1n) is 11.4. The van der Waals surface area contributed by atoms with Crippen molar-refractivity contribution in [1.29, 1.82) is 0 Å². The van der Waals surface area contributed by atoms with Gasteiger partial charge < -0.3 is 14.2 Å². The summed E-state index contributed by atoms with van der Waals surface area (Å²) in [6.45, 7) is 2.29. The number of rotatable bonds is 14. The van der Waals surface area contributed by atoms with E-state index in [1.54, 1.807) is 0 Å². The van der Waals surface area contributed by atoms with Crippen molar-refractivity contribution in [3.8, 4) is 11.5 Å². The highest BCUT2D eigenvalue weighted by Gasteiger charge is 2.34. The number of ether oxygens (including phenoxy) is 3. The van der Waals surface area contributed by atoms with E-state index in [0.717, 1.165) is 25.7 Å². The molecule has 0 saturated heterocycles. The zero-order valence-electron chi connectivity index (χ0n) is 19.5. The molecule has 192 valence electrons. The second kappa shape index (κ2) is 13.7. The fourth-order valence-corrected chi connectivity index (χ4v) is 2.98. The van der Waals surface area contributed by atoms with Crippen molar-refractivity contribution >= 4 is 12.0 Å². The normalized spacial score (nSPS) is 12.1. The highest BCUT2D eigenvalue weighted by Crippen LogP contribution is 2.32. The molecule has 2 rings (SSSR count). The van der Waals surface area contributed by atoms with Crippen LogP contribution < -0.4 is 9.47 Å². The first-order chi connectivity index (χ1) is 16.6. The van der Waals surface area contributed by atoms with Gasteiger partial charge in [0.1, 0.15) is 11.5 Å². The minimum absolute atomic E-state index is 0.136. The second-order valence-corrected chi connectivity index (χ2v) is 7.84. The summed E-state index contributed by atoms with van der Waals surface area (Å²) in [5.41, 5.74) is 0.153. The van der Waals surface area contributed by atoms with Crippen molar-refractivity contribution in [2.45, 2.75) is 57.7 Å². The molecule has 0 aromatic heterocycles. The van der Waals surface area contributed by atoms with Crippen molar-refractivity contribution in [3.63, 3.8) is 0 Å². The largest absolute Gasteiger partial charge is 0.494 e. The summed E-state index contributed by atoms with van der Waals surface area (Å²) < 4.78 is 80.5. The van der Waals surface area contributed by atoms with Gasteiger partial charge in [0.2, 0.25) is 0 Å². The Kier molecular flexibility index (Phi) is 11.0. The van der Waals surface area contributed by atoms with Crippen LogP contribution in [0.2, 0.25) is 0 Å². The Morgan fingerprint density at radius 3 is 2.11 bits per heavy atom. The maximum absolute atomic E-state index is 14.5. The molecule has 9 heteroatoms. The highest BCUT2D eigenvalue weighted by molar-refractivity contribution is 5.87. The smallest absolute Gasteiger partial charge is 0.426 e. The molecule has 0 N–H and O–H groups in total. The lowest BCUT2D eigenvalue weighted by Crippen LogP contribution is -2.21. The lowest BCUT2D eigenvalue weighted by Gasteiger charge is -2.18. The first kappa shape index (κ1) is 28.1. The molecule has 0 atom stereocenters. The molecule has 0 aliphatic carbocycles. The van der Waals surface area contributed by atoms with Crippen LogP contribution in [0.5, 0.6) is 11.5 Å². The number of carbonyl (C=O) groups excluding carboxylic acids is 1. The Morgan fingerprint density at radius 1 is 0.829 bits per heavy atom. The zero-order valence-corrected chi connectivity index (χ0v) is 19.5. The molecule has 4 nitrogen and oxygen atoms in total. The third-order valence-electron chi connectivity index (χ3n) is 4.84. The van der Waals surface area contributed by atoms with Gasteiger partial charge in [0, 0.05) is 12.5 Å². The number of benzene rings is 2. The average Bonchev–Trinajstić information content (AvgIpc) is 2.81. The van der Waals surface area contributed by atoms with Crippen molar-refractivity contribution in [2.75, 3.05) is 13.2 Å². The molecule has 2 aromatic rings. The molecule has 0 spiro atoms. The van der Waals surface area contributed by atoms with Gasteiger partial charge in [0.25, 0.3) is 0 Å². The molecule has 0 bridgehead atoms. The van der Waals surface area contributed by atoms with Gasteiger partial charge in [0.15, 0.2) is 0 Å². The van der Waals surface area contributed by atoms with E-state index in [1.807, 2.05) is 0 Å². The molecule has 2 aromatic carbocycles. The van der Waals surface area contributed by atoms with Crippen LogP contribution in [0.3, 0.4) is 0 Å². The van der Waals surface area contributed by atoms with Gasteiger partial charge in [-0.05, 0) is 60.9 Å². The van der Waals surface area contributed by atoms with Crippen molar-refractivity contribution in [1.82, 2.24) is 0 Å². The maximum atomic E-state index is 14.5. The van der Waals surface area contributed by atoms with Crippen LogP contribution in [0.15, 0.2) is 54.6 Å². The summed E-state index contributed by atoms with van der Waals surface area (Å²) in [5, 5.41) is 0. The molecular weight excluding hydrogens is 471 g/mol. The zero-order chi connectivity index (χ0) is 25.7. The fraction of sp³-hybridized carbons (Fsp3) is 0.423. The van der Waals surface area contributed by atoms with E-state index in [-0.39, 0.29) is 30.1 Å². The number of alkyl halides is 5. The van der Waals surface area contributed by atoms with E-state index in [9.17, 15) is 26.7 Å². The summed E-state index contributed by atoms with van der Waals surface area (Å²) in [6.07, 6.45) is -2.35. The summed E-state index contributed by atoms with van der Waals surface area (Å²) in [4.78, 5) is 11.7. The minimum Gasteiger partial charge on any atom is -0.494 e. The van der Waals surface area contributed by atoms with E-state index < -0.39 is 24.7 Å². The van der Waals surface area contributed by atoms with Crippen LogP contribution in [0.1, 0.15) is 56.6 Å². The Hall–Kier alpha value is -3.10. The van der Waals surface area contributed by atoms with Gasteiger partial charge in [-0.15, -0.1) is 0 Å². The number of hydrogen-bond donors (Lipinski definition) is 0. The molecule has 0 radical (unpaired) electrons. The molecule has 35 heavy (non-hydrogen) atoms. The number of unbranched alkanes of at least 4 members (excludes halogenated alkanes) is 3. The monoisotopic (exact) mass is 500 g/mol. The Labute approximate surface area is 201 Å². The van der Waals surface area contributed by atoms with E-state index in [1.165, 1.54) is 60.7 Å². The van der Waals surface area contributed by atoms with Crippen LogP contribution in [0.4, 0.5) is 22.0 Å². The first-order valence-corrected chi connectivity index (χ1v) is 11.4. The average molecular weight is 501 g/mol. The van der Waals surface area contributed by atoms with Gasteiger partial charge in [-0.2, -0.15) is 22.0 Å². The van der Waals surface area contributed by atoms with Crippen LogP contribution in [0, 0.1) is 0 Å². The Balaban J connectivity index is 1.83. The van der Waals surface area contributed by atoms with Crippen LogP contribution in [-0.2, 0) is 15.6 Å². The minimum atomic E-state index is -4.25. The Bertz CT molecular complexity index is 922. The molecule has 0 aliphatic heterocycles. The van der Waals surface area contributed by atoms with E-state index in [4.69, 9.17) is 14.2 Å². The summed E-state index contributed by atoms with van der Waals surface area (Å²) in [6, 6.07) is 10.4. The van der Waals surface area contributed by atoms with E-state index >= 15 is 0 Å². The van der Waals surface area contributed by atoms with E-state index in [2.05, 4.69) is 6.92 Å². The van der Waals surface area contributed by atoms with Gasteiger partial charge in [0.05, 0.1) is 18.8 Å². The van der Waals surface area contributed by atoms with Gasteiger partial charge in [-0.25, -0.2) is 4.79 Å². The van der Waals surface area contributed by atoms with Gasteiger partial charge in [-0.1, -0.05) is 38.3 Å². The lowest BCUT2D eigenvalue weighted by atomic mass is 10.1. The summed E-state index contributed by atoms with van der Waals surface area (Å²) in [5.74, 6) is -0.381. The van der Waals surface area contributed by atoms with Crippen LogP contribution >= 0.6 is 0 Å². The molecular formula is C26H29F5O4. The number of carbonyl (C=O) groups is 1. The topological polar surface area (TPSA) is 44.8 Å². The third-order valence-corrected chi connectivity index (χ3v) is 4.84.